The van der Waals surface area contributed by atoms with Gasteiger partial charge in [-0.3, -0.25) is 0 Å². The fraction of sp³-hybridized carbons (Fsp3) is 0.333. The first-order valence-electron chi connectivity index (χ1n) is 8.12. The zero-order valence-electron chi connectivity index (χ0n) is 13.1. The molecular weight excluding hydrogens is 252 g/mol. The van der Waals surface area contributed by atoms with E-state index < -0.39 is 0 Å². The van der Waals surface area contributed by atoms with Crippen molar-refractivity contribution in [3.05, 3.63) is 76.9 Å². The molecule has 0 heteroatoms. The number of fused-ring (bicyclic) bond motifs is 2. The summed E-state index contributed by atoms with van der Waals surface area (Å²) < 4.78 is 0. The maximum Gasteiger partial charge on any atom is -0.0146 e. The smallest absolute Gasteiger partial charge is 0.0146 e. The highest BCUT2D eigenvalue weighted by Gasteiger charge is 2.16. The molecule has 0 amide bonds. The van der Waals surface area contributed by atoms with Gasteiger partial charge in [0, 0.05) is 0 Å². The maximum atomic E-state index is 2.46. The second-order valence-electron chi connectivity index (χ2n) is 6.40. The minimum atomic E-state index is 0.762. The molecule has 0 aromatic heterocycles. The number of benzene rings is 2. The molecule has 108 valence electrons. The number of hydrogen-bond acceptors (Lipinski definition) is 0. The van der Waals surface area contributed by atoms with Crippen molar-refractivity contribution < 1.29 is 0 Å². The van der Waals surface area contributed by atoms with E-state index in [0.29, 0.717) is 0 Å². The van der Waals surface area contributed by atoms with Crippen LogP contribution in [0.1, 0.15) is 48.9 Å². The van der Waals surface area contributed by atoms with Gasteiger partial charge in [-0.25, -0.2) is 0 Å². The molecular formula is C21H24. The van der Waals surface area contributed by atoms with Crippen LogP contribution in [0.2, 0.25) is 0 Å². The van der Waals surface area contributed by atoms with Gasteiger partial charge in [0.15, 0.2) is 0 Å². The van der Waals surface area contributed by atoms with Crippen LogP contribution in [0.3, 0.4) is 0 Å². The Morgan fingerprint density at radius 2 is 1.38 bits per heavy atom. The van der Waals surface area contributed by atoms with E-state index in [1.165, 1.54) is 34.2 Å². The van der Waals surface area contributed by atoms with Gasteiger partial charge in [0.2, 0.25) is 0 Å². The molecule has 2 aromatic rings. The number of rotatable bonds is 3. The third kappa shape index (κ3) is 3.10. The Balaban J connectivity index is 2.07. The standard InChI is InChI=1S/C21H24/c1-16(2)8-7-13-21-19-11-5-3-9-17(19)14-15-18-10-4-6-12-20(18)21/h3-6,9-13,16H,7-8,14-15H2,1-2H3. The molecule has 0 aliphatic heterocycles. The molecule has 1 aliphatic rings. The Hall–Kier alpha value is -1.82. The van der Waals surface area contributed by atoms with Crippen LogP contribution >= 0.6 is 0 Å². The van der Waals surface area contributed by atoms with Crippen LogP contribution < -0.4 is 0 Å². The van der Waals surface area contributed by atoms with E-state index in [1.54, 1.807) is 0 Å². The Bertz CT molecular complexity index is 597. The molecule has 3 rings (SSSR count). The Morgan fingerprint density at radius 1 is 0.857 bits per heavy atom. The molecule has 2 aromatic carbocycles. The summed E-state index contributed by atoms with van der Waals surface area (Å²) in [5.74, 6) is 0.762. The van der Waals surface area contributed by atoms with Gasteiger partial charge in [-0.1, -0.05) is 68.5 Å². The summed E-state index contributed by atoms with van der Waals surface area (Å²) in [5, 5.41) is 0. The van der Waals surface area contributed by atoms with Crippen molar-refractivity contribution in [2.45, 2.75) is 39.5 Å². The Morgan fingerprint density at radius 3 is 1.90 bits per heavy atom. The van der Waals surface area contributed by atoms with Crippen molar-refractivity contribution in [2.24, 2.45) is 5.92 Å². The first-order valence-corrected chi connectivity index (χ1v) is 8.12. The third-order valence-corrected chi connectivity index (χ3v) is 4.37. The van der Waals surface area contributed by atoms with Gasteiger partial charge >= 0.3 is 0 Å². The van der Waals surface area contributed by atoms with Gasteiger partial charge < -0.3 is 0 Å². The van der Waals surface area contributed by atoms with Crippen LogP contribution in [0.5, 0.6) is 0 Å². The molecule has 0 saturated carbocycles. The van der Waals surface area contributed by atoms with Crippen molar-refractivity contribution in [2.75, 3.05) is 0 Å². The zero-order chi connectivity index (χ0) is 14.7. The highest BCUT2D eigenvalue weighted by molar-refractivity contribution is 5.83. The van der Waals surface area contributed by atoms with E-state index in [-0.39, 0.29) is 0 Å². The van der Waals surface area contributed by atoms with Crippen LogP contribution in [0.15, 0.2) is 54.6 Å². The third-order valence-electron chi connectivity index (χ3n) is 4.37. The lowest BCUT2D eigenvalue weighted by atomic mass is 9.92. The van der Waals surface area contributed by atoms with Gasteiger partial charge in [0.05, 0.1) is 0 Å². The van der Waals surface area contributed by atoms with Gasteiger partial charge in [0.25, 0.3) is 0 Å². The lowest BCUT2D eigenvalue weighted by Crippen LogP contribution is -1.93. The summed E-state index contributed by atoms with van der Waals surface area (Å²) in [6, 6.07) is 17.8. The SMILES string of the molecule is CC(C)CCC=C1c2ccccc2CCc2ccccc21. The highest BCUT2D eigenvalue weighted by atomic mass is 14.2. The molecule has 0 heterocycles. The summed E-state index contributed by atoms with van der Waals surface area (Å²) in [6.07, 6.45) is 7.18. The van der Waals surface area contributed by atoms with E-state index in [9.17, 15) is 0 Å². The van der Waals surface area contributed by atoms with Crippen molar-refractivity contribution >= 4 is 5.57 Å². The van der Waals surface area contributed by atoms with Crippen molar-refractivity contribution in [1.82, 2.24) is 0 Å². The first-order chi connectivity index (χ1) is 10.3. The average molecular weight is 276 g/mol. The molecule has 0 saturated heterocycles. The predicted octanol–water partition coefficient (Wildman–Crippen LogP) is 5.65. The number of aryl methyl sites for hydroxylation is 2. The fourth-order valence-corrected chi connectivity index (χ4v) is 3.20. The zero-order valence-corrected chi connectivity index (χ0v) is 13.1. The Kier molecular flexibility index (Phi) is 4.24. The highest BCUT2D eigenvalue weighted by Crippen LogP contribution is 2.33. The average Bonchev–Trinajstić information content (AvgIpc) is 2.65. The monoisotopic (exact) mass is 276 g/mol. The Labute approximate surface area is 128 Å². The molecule has 0 unspecified atom stereocenters. The predicted molar refractivity (Wildman–Crippen MR) is 91.4 cm³/mol. The second-order valence-corrected chi connectivity index (χ2v) is 6.40. The largest absolute Gasteiger partial charge is 0.0760 e. The van der Waals surface area contributed by atoms with Crippen molar-refractivity contribution in [3.63, 3.8) is 0 Å². The quantitative estimate of drug-likeness (QED) is 0.679. The van der Waals surface area contributed by atoms with E-state index in [1.807, 2.05) is 0 Å². The lowest BCUT2D eigenvalue weighted by Gasteiger charge is -2.12. The molecule has 0 spiro atoms. The number of allylic oxidation sites excluding steroid dienone is 1. The van der Waals surface area contributed by atoms with Gasteiger partial charge in [-0.15, -0.1) is 0 Å². The number of hydrogen-bond donors (Lipinski definition) is 0. The summed E-state index contributed by atoms with van der Waals surface area (Å²) in [7, 11) is 0. The van der Waals surface area contributed by atoms with Crippen molar-refractivity contribution in [3.8, 4) is 0 Å². The minimum absolute atomic E-state index is 0.762. The molecule has 0 fully saturated rings. The summed E-state index contributed by atoms with van der Waals surface area (Å²) in [6.45, 7) is 4.60. The van der Waals surface area contributed by atoms with Crippen LogP contribution in [0, 0.1) is 5.92 Å². The van der Waals surface area contributed by atoms with Crippen LogP contribution in [-0.4, -0.2) is 0 Å². The van der Waals surface area contributed by atoms with E-state index >= 15 is 0 Å². The minimum Gasteiger partial charge on any atom is -0.0760 e. The normalized spacial score (nSPS) is 13.6. The van der Waals surface area contributed by atoms with E-state index in [4.69, 9.17) is 0 Å². The molecule has 0 N–H and O–H groups in total. The van der Waals surface area contributed by atoms with Gasteiger partial charge in [-0.2, -0.15) is 0 Å². The lowest BCUT2D eigenvalue weighted by molar-refractivity contribution is 0.594. The van der Waals surface area contributed by atoms with Gasteiger partial charge in [0.1, 0.15) is 0 Å². The topological polar surface area (TPSA) is 0 Å². The van der Waals surface area contributed by atoms with E-state index in [0.717, 1.165) is 25.2 Å². The summed E-state index contributed by atoms with van der Waals surface area (Å²) in [4.78, 5) is 0. The maximum absolute atomic E-state index is 2.46. The molecule has 0 atom stereocenters. The summed E-state index contributed by atoms with van der Waals surface area (Å²) >= 11 is 0. The first kappa shape index (κ1) is 14.1. The van der Waals surface area contributed by atoms with E-state index in [2.05, 4.69) is 68.5 Å². The van der Waals surface area contributed by atoms with Gasteiger partial charge in [-0.05, 0) is 59.4 Å². The molecule has 21 heavy (non-hydrogen) atoms. The molecule has 0 radical (unpaired) electrons. The molecule has 1 aliphatic carbocycles. The molecule has 0 bridgehead atoms. The molecule has 0 nitrogen and oxygen atoms in total. The van der Waals surface area contributed by atoms with Crippen LogP contribution in [0.4, 0.5) is 0 Å². The van der Waals surface area contributed by atoms with Crippen LogP contribution in [-0.2, 0) is 12.8 Å². The van der Waals surface area contributed by atoms with Crippen LogP contribution in [0.25, 0.3) is 5.57 Å². The van der Waals surface area contributed by atoms with Crippen molar-refractivity contribution in [1.29, 1.82) is 0 Å². The second kappa shape index (κ2) is 6.30. The fourth-order valence-electron chi connectivity index (χ4n) is 3.20. The summed E-state index contributed by atoms with van der Waals surface area (Å²) in [5.41, 5.74) is 7.30.